The van der Waals surface area contributed by atoms with Gasteiger partial charge in [0.2, 0.25) is 0 Å². The Bertz CT molecular complexity index is 158. The first-order valence-electron chi connectivity index (χ1n) is 2.72. The van der Waals surface area contributed by atoms with Gasteiger partial charge in [-0.2, -0.15) is 8.42 Å². The lowest BCUT2D eigenvalue weighted by atomic mass is 10.9. The molecule has 0 unspecified atom stereocenters. The average Bonchev–Trinajstić information content (AvgIpc) is 1.63. The summed E-state index contributed by atoms with van der Waals surface area (Å²) in [6.45, 7) is 3.29. The second kappa shape index (κ2) is 6.70. The quantitative estimate of drug-likeness (QED) is 0.436. The Morgan fingerprint density at radius 1 is 1.50 bits per heavy atom. The molecule has 0 saturated heterocycles. The predicted molar refractivity (Wildman–Crippen MR) is 38.2 cm³/mol. The molecular weight excluding hydrogens is 156 g/mol. The molecule has 0 amide bonds. The third-order valence-corrected chi connectivity index (χ3v) is 0.996. The van der Waals surface area contributed by atoms with E-state index >= 15 is 0 Å². The summed E-state index contributed by atoms with van der Waals surface area (Å²) >= 11 is 0. The van der Waals surface area contributed by atoms with Gasteiger partial charge >= 0.3 is 0 Å². The Kier molecular flexibility index (Phi) is 8.22. The molecule has 10 heavy (non-hydrogen) atoms. The molecule has 0 fully saturated rings. The van der Waals surface area contributed by atoms with Gasteiger partial charge in [0.15, 0.2) is 0 Å². The van der Waals surface area contributed by atoms with Crippen molar-refractivity contribution in [2.75, 3.05) is 12.9 Å². The van der Waals surface area contributed by atoms with Crippen LogP contribution in [-0.4, -0.2) is 27.6 Å². The van der Waals surface area contributed by atoms with E-state index in [0.717, 1.165) is 12.5 Å². The van der Waals surface area contributed by atoms with E-state index in [-0.39, 0.29) is 6.61 Å². The number of aldehydes is 1. The van der Waals surface area contributed by atoms with Crippen LogP contribution < -0.4 is 0 Å². The summed E-state index contributed by atoms with van der Waals surface area (Å²) in [5.41, 5.74) is 0. The van der Waals surface area contributed by atoms with E-state index in [9.17, 15) is 8.42 Å². The number of carbonyl (C=O) groups excluding carboxylic acids is 1. The number of rotatable bonds is 2. The normalized spacial score (nSPS) is 9.50. The van der Waals surface area contributed by atoms with Gasteiger partial charge in [0.1, 0.15) is 6.29 Å². The fourth-order valence-electron chi connectivity index (χ4n) is 0.214. The van der Waals surface area contributed by atoms with Crippen LogP contribution in [0.3, 0.4) is 0 Å². The molecule has 0 aromatic heterocycles. The Morgan fingerprint density at radius 3 is 1.80 bits per heavy atom. The minimum Gasteiger partial charge on any atom is -0.304 e. The van der Waals surface area contributed by atoms with Crippen molar-refractivity contribution in [3.63, 3.8) is 0 Å². The molecule has 0 spiro atoms. The highest BCUT2D eigenvalue weighted by molar-refractivity contribution is 7.85. The highest BCUT2D eigenvalue weighted by Gasteiger charge is 1.94. The topological polar surface area (TPSA) is 60.4 Å². The molecule has 0 heterocycles. The summed E-state index contributed by atoms with van der Waals surface area (Å²) in [6, 6.07) is 0. The molecule has 0 saturated carbocycles. The third-order valence-electron chi connectivity index (χ3n) is 0.332. The molecule has 0 N–H and O–H groups in total. The summed E-state index contributed by atoms with van der Waals surface area (Å²) in [5.74, 6) is 0. The van der Waals surface area contributed by atoms with E-state index in [0.29, 0.717) is 0 Å². The van der Waals surface area contributed by atoms with Crippen molar-refractivity contribution >= 4 is 16.4 Å². The number of hydrogen-bond acceptors (Lipinski definition) is 4. The van der Waals surface area contributed by atoms with Gasteiger partial charge in [0, 0.05) is 0 Å². The second-order valence-electron chi connectivity index (χ2n) is 1.35. The van der Waals surface area contributed by atoms with E-state index < -0.39 is 10.1 Å². The molecule has 0 aliphatic heterocycles. The second-order valence-corrected chi connectivity index (χ2v) is 2.99. The lowest BCUT2D eigenvalue weighted by Crippen LogP contribution is -2.00. The van der Waals surface area contributed by atoms with Gasteiger partial charge in [-0.3, -0.25) is 4.18 Å². The van der Waals surface area contributed by atoms with Gasteiger partial charge in [-0.15, -0.1) is 0 Å². The standard InChI is InChI=1S/C3H8O3S.C2H4O/c1-3-6-7(2,4)5;1-2-3/h3H2,1-2H3;2H,1H3. The van der Waals surface area contributed by atoms with Gasteiger partial charge in [-0.05, 0) is 13.8 Å². The SMILES string of the molecule is CC=O.CCOS(C)(=O)=O. The largest absolute Gasteiger partial charge is 0.304 e. The average molecular weight is 168 g/mol. The zero-order valence-corrected chi connectivity index (χ0v) is 7.14. The van der Waals surface area contributed by atoms with Crippen LogP contribution in [0.5, 0.6) is 0 Å². The molecule has 62 valence electrons. The Morgan fingerprint density at radius 2 is 1.80 bits per heavy atom. The number of hydrogen-bond donors (Lipinski definition) is 0. The molecule has 5 heteroatoms. The summed E-state index contributed by atoms with van der Waals surface area (Å²) in [4.78, 5) is 8.81. The Hall–Kier alpha value is -0.420. The zero-order valence-electron chi connectivity index (χ0n) is 6.33. The van der Waals surface area contributed by atoms with Crippen LogP contribution in [0.15, 0.2) is 0 Å². The maximum Gasteiger partial charge on any atom is 0.264 e. The lowest BCUT2D eigenvalue weighted by molar-refractivity contribution is -0.106. The van der Waals surface area contributed by atoms with Crippen LogP contribution in [0.4, 0.5) is 0 Å². The van der Waals surface area contributed by atoms with Crippen LogP contribution in [0, 0.1) is 0 Å². The maximum atomic E-state index is 10.0. The third kappa shape index (κ3) is 25.6. The molecule has 0 radical (unpaired) electrons. The summed E-state index contributed by atoms with van der Waals surface area (Å²) in [6.07, 6.45) is 1.77. The predicted octanol–water partition coefficient (Wildman–Crippen LogP) is 0.188. The van der Waals surface area contributed by atoms with E-state index in [1.54, 1.807) is 6.92 Å². The minimum atomic E-state index is -3.17. The minimum absolute atomic E-state index is 0.221. The van der Waals surface area contributed by atoms with Gasteiger partial charge in [0.05, 0.1) is 12.9 Å². The lowest BCUT2D eigenvalue weighted by Gasteiger charge is -1.90. The molecule has 0 atom stereocenters. The van der Waals surface area contributed by atoms with Crippen molar-refractivity contribution in [3.05, 3.63) is 0 Å². The molecule has 0 aromatic carbocycles. The van der Waals surface area contributed by atoms with Crippen molar-refractivity contribution in [2.24, 2.45) is 0 Å². The summed E-state index contributed by atoms with van der Waals surface area (Å²) in [5, 5.41) is 0. The van der Waals surface area contributed by atoms with Gasteiger partial charge in [0.25, 0.3) is 10.1 Å². The molecule has 0 aliphatic rings. The summed E-state index contributed by atoms with van der Waals surface area (Å²) < 4.78 is 24.2. The van der Waals surface area contributed by atoms with Crippen LogP contribution >= 0.6 is 0 Å². The highest BCUT2D eigenvalue weighted by Crippen LogP contribution is 1.81. The van der Waals surface area contributed by atoms with Crippen molar-refractivity contribution in [2.45, 2.75) is 13.8 Å². The fourth-order valence-corrected chi connectivity index (χ4v) is 0.642. The Labute approximate surface area is 61.3 Å². The van der Waals surface area contributed by atoms with Crippen LogP contribution in [0.1, 0.15) is 13.8 Å². The van der Waals surface area contributed by atoms with Crippen LogP contribution in [0.25, 0.3) is 0 Å². The molecule has 4 nitrogen and oxygen atoms in total. The van der Waals surface area contributed by atoms with Gasteiger partial charge in [-0.25, -0.2) is 0 Å². The maximum absolute atomic E-state index is 10.0. The molecule has 0 bridgehead atoms. The van der Waals surface area contributed by atoms with Crippen LogP contribution in [0.2, 0.25) is 0 Å². The Balaban J connectivity index is 0. The van der Waals surface area contributed by atoms with Crippen molar-refractivity contribution < 1.29 is 17.4 Å². The first-order valence-corrected chi connectivity index (χ1v) is 4.53. The summed E-state index contributed by atoms with van der Waals surface area (Å²) in [7, 11) is -3.17. The first kappa shape index (κ1) is 12.3. The molecule has 0 aliphatic carbocycles. The molecule has 0 rings (SSSR count). The van der Waals surface area contributed by atoms with Crippen molar-refractivity contribution in [1.82, 2.24) is 0 Å². The van der Waals surface area contributed by atoms with Crippen molar-refractivity contribution in [1.29, 1.82) is 0 Å². The molecule has 0 aromatic rings. The van der Waals surface area contributed by atoms with E-state index in [2.05, 4.69) is 4.18 Å². The zero-order chi connectivity index (χ0) is 8.62. The monoisotopic (exact) mass is 168 g/mol. The van der Waals surface area contributed by atoms with Crippen molar-refractivity contribution in [3.8, 4) is 0 Å². The van der Waals surface area contributed by atoms with Gasteiger partial charge in [-0.1, -0.05) is 0 Å². The molecular formula is C5H12O4S. The van der Waals surface area contributed by atoms with E-state index in [4.69, 9.17) is 4.79 Å². The van der Waals surface area contributed by atoms with Gasteiger partial charge < -0.3 is 4.79 Å². The fraction of sp³-hybridized carbons (Fsp3) is 0.800. The highest BCUT2D eigenvalue weighted by atomic mass is 32.2. The van der Waals surface area contributed by atoms with E-state index in [1.807, 2.05) is 0 Å². The van der Waals surface area contributed by atoms with Crippen LogP contribution in [-0.2, 0) is 19.1 Å². The number of carbonyl (C=O) groups is 1. The first-order chi connectivity index (χ1) is 4.47. The van der Waals surface area contributed by atoms with E-state index in [1.165, 1.54) is 6.92 Å². The smallest absolute Gasteiger partial charge is 0.264 e.